The highest BCUT2D eigenvalue weighted by atomic mass is 19.4. The molecule has 0 atom stereocenters. The molecule has 1 saturated heterocycles. The predicted octanol–water partition coefficient (Wildman–Crippen LogP) is 3.94. The molecule has 1 fully saturated rings. The third kappa shape index (κ3) is 6.10. The minimum Gasteiger partial charge on any atom is -0.453 e. The zero-order valence-corrected chi connectivity index (χ0v) is 17.7. The monoisotopic (exact) mass is 451 g/mol. The quantitative estimate of drug-likeness (QED) is 0.736. The molecule has 2 N–H and O–H groups in total. The fourth-order valence-corrected chi connectivity index (χ4v) is 3.34. The predicted molar refractivity (Wildman–Crippen MR) is 112 cm³/mol. The number of urea groups is 1. The van der Waals surface area contributed by atoms with Crippen molar-refractivity contribution in [3.63, 3.8) is 0 Å². The van der Waals surface area contributed by atoms with Crippen molar-refractivity contribution in [2.24, 2.45) is 0 Å². The average Bonchev–Trinajstić information content (AvgIpc) is 2.74. The van der Waals surface area contributed by atoms with Gasteiger partial charge in [-0.3, -0.25) is 9.88 Å². The van der Waals surface area contributed by atoms with Crippen LogP contribution in [0, 0.1) is 6.92 Å². The summed E-state index contributed by atoms with van der Waals surface area (Å²) in [7, 11) is 1.32. The van der Waals surface area contributed by atoms with Gasteiger partial charge in [-0.25, -0.2) is 9.59 Å². The summed E-state index contributed by atoms with van der Waals surface area (Å²) in [6.45, 7) is 4.20. The first kappa shape index (κ1) is 23.3. The lowest BCUT2D eigenvalue weighted by Crippen LogP contribution is -2.48. The lowest BCUT2D eigenvalue weighted by Gasteiger charge is -2.33. The van der Waals surface area contributed by atoms with E-state index < -0.39 is 23.9 Å². The highest BCUT2D eigenvalue weighted by Gasteiger charge is 2.34. The number of anilines is 2. The van der Waals surface area contributed by atoms with E-state index >= 15 is 0 Å². The minimum atomic E-state index is -4.63. The van der Waals surface area contributed by atoms with Crippen LogP contribution in [0.25, 0.3) is 0 Å². The van der Waals surface area contributed by atoms with E-state index in [1.54, 1.807) is 24.0 Å². The molecule has 172 valence electrons. The molecular weight excluding hydrogens is 427 g/mol. The van der Waals surface area contributed by atoms with E-state index in [1.165, 1.54) is 25.4 Å². The molecule has 2 heterocycles. The van der Waals surface area contributed by atoms with Crippen molar-refractivity contribution in [3.05, 3.63) is 53.3 Å². The van der Waals surface area contributed by atoms with Crippen molar-refractivity contribution in [3.8, 4) is 0 Å². The van der Waals surface area contributed by atoms with Gasteiger partial charge < -0.3 is 20.3 Å². The van der Waals surface area contributed by atoms with Gasteiger partial charge >= 0.3 is 18.3 Å². The summed E-state index contributed by atoms with van der Waals surface area (Å²) >= 11 is 0. The Balaban J connectivity index is 1.70. The van der Waals surface area contributed by atoms with Gasteiger partial charge in [-0.1, -0.05) is 6.07 Å². The summed E-state index contributed by atoms with van der Waals surface area (Å²) in [6, 6.07) is 6.16. The number of hydrogen-bond acceptors (Lipinski definition) is 5. The van der Waals surface area contributed by atoms with Gasteiger partial charge in [0.2, 0.25) is 0 Å². The smallest absolute Gasteiger partial charge is 0.418 e. The molecule has 11 heteroatoms. The molecular formula is C21H24F3N5O3. The Morgan fingerprint density at radius 3 is 2.41 bits per heavy atom. The number of pyridine rings is 1. The fourth-order valence-electron chi connectivity index (χ4n) is 3.34. The summed E-state index contributed by atoms with van der Waals surface area (Å²) in [5.41, 5.74) is 0.447. The van der Waals surface area contributed by atoms with Gasteiger partial charge in [0, 0.05) is 38.4 Å². The second kappa shape index (κ2) is 9.86. The Labute approximate surface area is 183 Å². The molecule has 1 aromatic heterocycles. The van der Waals surface area contributed by atoms with Crippen LogP contribution in [0.2, 0.25) is 0 Å². The number of rotatable bonds is 4. The van der Waals surface area contributed by atoms with Crippen molar-refractivity contribution in [2.45, 2.75) is 19.6 Å². The summed E-state index contributed by atoms with van der Waals surface area (Å²) in [5.74, 6) is 0. The molecule has 1 aliphatic rings. The Hall–Kier alpha value is -3.34. The second-order valence-corrected chi connectivity index (χ2v) is 7.38. The number of ether oxygens (including phenoxy) is 1. The Bertz CT molecular complexity index is 958. The SMILES string of the molecule is COC(=O)N1CCN(Cc2ccc(C(F)(F)F)c(NC(=O)Nc3ccc(C)nc3)c2)CC1. The van der Waals surface area contributed by atoms with Crippen LogP contribution >= 0.6 is 0 Å². The summed E-state index contributed by atoms with van der Waals surface area (Å²) in [4.78, 5) is 31.5. The van der Waals surface area contributed by atoms with Crippen LogP contribution in [0.4, 0.5) is 34.1 Å². The number of carbonyl (C=O) groups excluding carboxylic acids is 2. The second-order valence-electron chi connectivity index (χ2n) is 7.38. The number of nitrogens with one attached hydrogen (secondary N) is 2. The summed E-state index contributed by atoms with van der Waals surface area (Å²) in [5, 5.41) is 4.78. The molecule has 0 aliphatic carbocycles. The number of amides is 3. The van der Waals surface area contributed by atoms with E-state index in [-0.39, 0.29) is 5.69 Å². The van der Waals surface area contributed by atoms with Crippen LogP contribution < -0.4 is 10.6 Å². The van der Waals surface area contributed by atoms with Gasteiger partial charge in [-0.15, -0.1) is 0 Å². The normalized spacial score (nSPS) is 14.7. The molecule has 0 spiro atoms. The number of aryl methyl sites for hydroxylation is 1. The number of alkyl halides is 3. The lowest BCUT2D eigenvalue weighted by atomic mass is 10.1. The van der Waals surface area contributed by atoms with E-state index in [0.29, 0.717) is 44.0 Å². The van der Waals surface area contributed by atoms with Crippen LogP contribution in [0.5, 0.6) is 0 Å². The molecule has 0 unspecified atom stereocenters. The third-order valence-electron chi connectivity index (χ3n) is 5.02. The summed E-state index contributed by atoms with van der Waals surface area (Å²) in [6.07, 6.45) is -3.61. The van der Waals surface area contributed by atoms with Crippen molar-refractivity contribution >= 4 is 23.5 Å². The molecule has 0 saturated carbocycles. The average molecular weight is 451 g/mol. The van der Waals surface area contributed by atoms with Crippen LogP contribution in [0.3, 0.4) is 0 Å². The molecule has 0 bridgehead atoms. The van der Waals surface area contributed by atoms with E-state index in [0.717, 1.165) is 11.8 Å². The number of nitrogens with zero attached hydrogens (tertiary/aromatic N) is 3. The molecule has 0 radical (unpaired) electrons. The van der Waals surface area contributed by atoms with E-state index in [2.05, 4.69) is 15.6 Å². The number of methoxy groups -OCH3 is 1. The number of halogens is 3. The van der Waals surface area contributed by atoms with Gasteiger partial charge in [-0.2, -0.15) is 13.2 Å². The maximum absolute atomic E-state index is 13.5. The van der Waals surface area contributed by atoms with E-state index in [4.69, 9.17) is 4.74 Å². The highest BCUT2D eigenvalue weighted by Crippen LogP contribution is 2.35. The Morgan fingerprint density at radius 1 is 1.09 bits per heavy atom. The first-order valence-electron chi connectivity index (χ1n) is 9.92. The molecule has 3 rings (SSSR count). The Kier molecular flexibility index (Phi) is 7.18. The number of hydrogen-bond donors (Lipinski definition) is 2. The third-order valence-corrected chi connectivity index (χ3v) is 5.02. The van der Waals surface area contributed by atoms with Gasteiger partial charge in [0.25, 0.3) is 0 Å². The van der Waals surface area contributed by atoms with Gasteiger partial charge in [-0.05, 0) is 36.8 Å². The van der Waals surface area contributed by atoms with Crippen molar-refractivity contribution in [2.75, 3.05) is 43.9 Å². The standard InChI is InChI=1S/C21H24F3N5O3/c1-14-3-5-16(12-25-14)26-19(30)27-18-11-15(4-6-17(18)21(22,23)24)13-28-7-9-29(10-8-28)20(31)32-2/h3-6,11-12H,7-10,13H2,1-2H3,(H2,26,27,30). The first-order valence-corrected chi connectivity index (χ1v) is 9.92. The van der Waals surface area contributed by atoms with Gasteiger partial charge in [0.15, 0.2) is 0 Å². The number of carbonyl (C=O) groups is 2. The maximum atomic E-state index is 13.5. The van der Waals surface area contributed by atoms with Crippen molar-refractivity contribution in [1.82, 2.24) is 14.8 Å². The maximum Gasteiger partial charge on any atom is 0.418 e. The Morgan fingerprint density at radius 2 is 1.81 bits per heavy atom. The zero-order chi connectivity index (χ0) is 23.3. The topological polar surface area (TPSA) is 86.8 Å². The molecule has 8 nitrogen and oxygen atoms in total. The largest absolute Gasteiger partial charge is 0.453 e. The molecule has 1 aromatic carbocycles. The molecule has 1 aliphatic heterocycles. The minimum absolute atomic E-state index is 0.333. The van der Waals surface area contributed by atoms with Crippen LogP contribution in [0.15, 0.2) is 36.5 Å². The van der Waals surface area contributed by atoms with Gasteiger partial charge in [0.1, 0.15) is 0 Å². The van der Waals surface area contributed by atoms with Crippen LogP contribution in [-0.2, 0) is 17.5 Å². The van der Waals surface area contributed by atoms with E-state index in [9.17, 15) is 22.8 Å². The van der Waals surface area contributed by atoms with Crippen molar-refractivity contribution in [1.29, 1.82) is 0 Å². The lowest BCUT2D eigenvalue weighted by molar-refractivity contribution is -0.136. The number of piperazine rings is 1. The first-order chi connectivity index (χ1) is 15.2. The van der Waals surface area contributed by atoms with Crippen molar-refractivity contribution < 1.29 is 27.5 Å². The van der Waals surface area contributed by atoms with Crippen LogP contribution in [0.1, 0.15) is 16.8 Å². The van der Waals surface area contributed by atoms with E-state index in [1.807, 2.05) is 4.90 Å². The van der Waals surface area contributed by atoms with Crippen LogP contribution in [-0.4, -0.2) is 60.2 Å². The highest BCUT2D eigenvalue weighted by molar-refractivity contribution is 6.00. The van der Waals surface area contributed by atoms with Gasteiger partial charge in [0.05, 0.1) is 30.2 Å². The number of aromatic nitrogens is 1. The molecule has 32 heavy (non-hydrogen) atoms. The molecule has 2 aromatic rings. The molecule has 3 amide bonds. The fraction of sp³-hybridized carbons (Fsp3) is 0.381. The summed E-state index contributed by atoms with van der Waals surface area (Å²) < 4.78 is 45.1. The number of benzene rings is 1. The zero-order valence-electron chi connectivity index (χ0n) is 17.7.